The molecule has 2 aromatic rings. The van der Waals surface area contributed by atoms with Gasteiger partial charge in [0.2, 0.25) is 0 Å². The number of hydrogen-bond acceptors (Lipinski definition) is 4. The monoisotopic (exact) mass is 457 g/mol. The highest BCUT2D eigenvalue weighted by Gasteiger charge is 2.28. The van der Waals surface area contributed by atoms with Gasteiger partial charge in [0.05, 0.1) is 17.6 Å². The molecule has 0 radical (unpaired) electrons. The fourth-order valence-corrected chi connectivity index (χ4v) is 3.82. The molecule has 1 atom stereocenters. The van der Waals surface area contributed by atoms with Crippen LogP contribution in [0.5, 0.6) is 0 Å². The van der Waals surface area contributed by atoms with E-state index in [9.17, 15) is 13.6 Å². The molecule has 1 aliphatic rings. The molecule has 30 heavy (non-hydrogen) atoms. The Labute approximate surface area is 184 Å². The number of nitrogens with zero attached hydrogens (tertiary/aromatic N) is 2. The van der Waals surface area contributed by atoms with E-state index in [0.29, 0.717) is 18.7 Å². The molecule has 0 saturated carbocycles. The Bertz CT molecular complexity index is 929. The quantitative estimate of drug-likeness (QED) is 0.648. The summed E-state index contributed by atoms with van der Waals surface area (Å²) in [6.45, 7) is 3.80. The number of carbonyl (C=O) groups excluding carboxylic acids is 1. The fourth-order valence-electron chi connectivity index (χ4n) is 3.42. The van der Waals surface area contributed by atoms with Crippen LogP contribution in [-0.2, 0) is 11.4 Å². The van der Waals surface area contributed by atoms with Gasteiger partial charge in [0.25, 0.3) is 0 Å². The van der Waals surface area contributed by atoms with Crippen LogP contribution in [0.4, 0.5) is 13.6 Å². The van der Waals surface area contributed by atoms with Crippen LogP contribution < -0.4 is 5.32 Å². The van der Waals surface area contributed by atoms with E-state index in [1.54, 1.807) is 18.2 Å². The Hall–Kier alpha value is -1.93. The Kier molecular flexibility index (Phi) is 7.52. The van der Waals surface area contributed by atoms with Crippen molar-refractivity contribution in [1.82, 2.24) is 15.3 Å². The predicted molar refractivity (Wildman–Crippen MR) is 112 cm³/mol. The van der Waals surface area contributed by atoms with E-state index in [1.165, 1.54) is 23.1 Å². The molecule has 0 aromatic heterocycles. The van der Waals surface area contributed by atoms with Crippen molar-refractivity contribution in [3.05, 3.63) is 68.7 Å². The largest absolute Gasteiger partial charge is 0.428 e. The van der Waals surface area contributed by atoms with Crippen molar-refractivity contribution in [3.63, 3.8) is 0 Å². The van der Waals surface area contributed by atoms with Gasteiger partial charge in [0.1, 0.15) is 11.6 Å². The highest BCUT2D eigenvalue weighted by atomic mass is 35.5. The molecule has 5 nitrogen and oxygen atoms in total. The van der Waals surface area contributed by atoms with Crippen molar-refractivity contribution in [2.75, 3.05) is 26.7 Å². The molecule has 3 rings (SSSR count). The third kappa shape index (κ3) is 5.40. The van der Waals surface area contributed by atoms with E-state index in [-0.39, 0.29) is 28.4 Å². The molecular formula is C21H23Cl2F2N3O2. The van der Waals surface area contributed by atoms with E-state index < -0.39 is 11.9 Å². The van der Waals surface area contributed by atoms with Gasteiger partial charge in [-0.1, -0.05) is 29.3 Å². The van der Waals surface area contributed by atoms with Crippen LogP contribution in [0.2, 0.25) is 10.0 Å². The molecule has 1 amide bonds. The summed E-state index contributed by atoms with van der Waals surface area (Å²) < 4.78 is 27.0. The van der Waals surface area contributed by atoms with E-state index in [0.717, 1.165) is 30.2 Å². The minimum atomic E-state index is -0.620. The van der Waals surface area contributed by atoms with Gasteiger partial charge in [-0.15, -0.1) is 5.06 Å². The van der Waals surface area contributed by atoms with Gasteiger partial charge in [-0.2, -0.15) is 0 Å². The van der Waals surface area contributed by atoms with Gasteiger partial charge in [-0.25, -0.2) is 13.6 Å². The number of hydrogen-bond donors (Lipinski definition) is 1. The smallest absolute Gasteiger partial charge is 0.350 e. The van der Waals surface area contributed by atoms with Crippen LogP contribution >= 0.6 is 23.2 Å². The van der Waals surface area contributed by atoms with Gasteiger partial charge >= 0.3 is 6.09 Å². The lowest BCUT2D eigenvalue weighted by Crippen LogP contribution is -2.39. The molecule has 1 saturated heterocycles. The zero-order valence-corrected chi connectivity index (χ0v) is 18.2. The minimum Gasteiger partial charge on any atom is -0.350 e. The van der Waals surface area contributed by atoms with Crippen molar-refractivity contribution in [2.45, 2.75) is 25.9 Å². The number of amides is 1. The molecule has 1 aliphatic heterocycles. The van der Waals surface area contributed by atoms with Crippen LogP contribution in [0, 0.1) is 18.6 Å². The Morgan fingerprint density at radius 1 is 1.27 bits per heavy atom. The number of aryl methyl sites for hydroxylation is 1. The van der Waals surface area contributed by atoms with Gasteiger partial charge < -0.3 is 15.1 Å². The normalized spacial score (nSPS) is 17.5. The first-order valence-corrected chi connectivity index (χ1v) is 10.3. The highest BCUT2D eigenvalue weighted by molar-refractivity contribution is 6.33. The summed E-state index contributed by atoms with van der Waals surface area (Å²) in [5.41, 5.74) is 2.17. The van der Waals surface area contributed by atoms with Crippen molar-refractivity contribution in [2.24, 2.45) is 0 Å². The number of benzene rings is 2. The second-order valence-corrected chi connectivity index (χ2v) is 8.10. The van der Waals surface area contributed by atoms with E-state index in [1.807, 2.05) is 6.92 Å². The summed E-state index contributed by atoms with van der Waals surface area (Å²) in [5.74, 6) is -0.929. The Balaban J connectivity index is 1.74. The molecule has 0 unspecified atom stereocenters. The number of carbonyl (C=O) groups is 1. The molecule has 1 heterocycles. The maximum absolute atomic E-state index is 13.5. The van der Waals surface area contributed by atoms with Crippen LogP contribution in [0.15, 0.2) is 30.3 Å². The zero-order chi connectivity index (χ0) is 21.8. The van der Waals surface area contributed by atoms with E-state index in [4.69, 9.17) is 28.0 Å². The zero-order valence-electron chi connectivity index (χ0n) is 16.7. The average molecular weight is 458 g/mol. The summed E-state index contributed by atoms with van der Waals surface area (Å²) in [6.07, 6.45) is 0.200. The lowest BCUT2D eigenvalue weighted by Gasteiger charge is -2.31. The van der Waals surface area contributed by atoms with Crippen LogP contribution in [-0.4, -0.2) is 42.7 Å². The lowest BCUT2D eigenvalue weighted by molar-refractivity contribution is -0.138. The predicted octanol–water partition coefficient (Wildman–Crippen LogP) is 5.10. The molecule has 2 aromatic carbocycles. The first-order chi connectivity index (χ1) is 14.3. The molecule has 1 N–H and O–H groups in total. The van der Waals surface area contributed by atoms with Crippen LogP contribution in [0.25, 0.3) is 0 Å². The van der Waals surface area contributed by atoms with Crippen molar-refractivity contribution in [3.8, 4) is 0 Å². The van der Waals surface area contributed by atoms with Crippen LogP contribution in [0.3, 0.4) is 0 Å². The molecular weight excluding hydrogens is 435 g/mol. The molecule has 162 valence electrons. The number of halogens is 4. The van der Waals surface area contributed by atoms with Crippen molar-refractivity contribution >= 4 is 29.3 Å². The first-order valence-electron chi connectivity index (χ1n) is 9.56. The van der Waals surface area contributed by atoms with Gasteiger partial charge in [-0.3, -0.25) is 0 Å². The minimum absolute atomic E-state index is 0.0680. The second-order valence-electron chi connectivity index (χ2n) is 7.29. The molecule has 1 fully saturated rings. The maximum Gasteiger partial charge on any atom is 0.428 e. The molecule has 0 spiro atoms. The molecule has 0 bridgehead atoms. The Morgan fingerprint density at radius 2 is 2.03 bits per heavy atom. The third-order valence-electron chi connectivity index (χ3n) is 5.01. The summed E-state index contributed by atoms with van der Waals surface area (Å²) in [5, 5.41) is 5.05. The van der Waals surface area contributed by atoms with Gasteiger partial charge in [0.15, 0.2) is 0 Å². The summed E-state index contributed by atoms with van der Waals surface area (Å²) in [7, 11) is 1.56. The van der Waals surface area contributed by atoms with Crippen LogP contribution in [0.1, 0.15) is 29.2 Å². The summed E-state index contributed by atoms with van der Waals surface area (Å²) in [4.78, 5) is 19.8. The number of nitrogens with one attached hydrogen (secondary N) is 1. The Morgan fingerprint density at radius 3 is 2.77 bits per heavy atom. The third-order valence-corrected chi connectivity index (χ3v) is 5.65. The summed E-state index contributed by atoms with van der Waals surface area (Å²) >= 11 is 11.9. The fraction of sp³-hybridized carbons (Fsp3) is 0.381. The molecule has 9 heteroatoms. The van der Waals surface area contributed by atoms with Gasteiger partial charge in [-0.05, 0) is 60.8 Å². The highest BCUT2D eigenvalue weighted by Crippen LogP contribution is 2.28. The second kappa shape index (κ2) is 9.92. The van der Waals surface area contributed by atoms with E-state index >= 15 is 0 Å². The SMILES string of the molecule is Cc1cc(F)ccc1[C@H]1CNCCCN1OC(=O)N(C)Cc1cc(Cl)c(F)cc1Cl. The summed E-state index contributed by atoms with van der Waals surface area (Å²) in [6, 6.07) is 6.84. The first kappa shape index (κ1) is 22.7. The van der Waals surface area contributed by atoms with Crippen molar-refractivity contribution in [1.29, 1.82) is 0 Å². The standard InChI is InChI=1S/C21H23Cl2F2N3O2/c1-13-8-15(24)4-5-16(13)20-11-26-6-3-7-28(20)30-21(29)27(2)12-14-9-18(23)19(25)10-17(14)22/h4-5,8-10,20,26H,3,6-7,11-12H2,1-2H3/t20-/m1/s1. The maximum atomic E-state index is 13.5. The number of hydroxylamine groups is 2. The topological polar surface area (TPSA) is 44.8 Å². The lowest BCUT2D eigenvalue weighted by atomic mass is 10.0. The van der Waals surface area contributed by atoms with Crippen molar-refractivity contribution < 1.29 is 18.4 Å². The molecule has 0 aliphatic carbocycles. The van der Waals surface area contributed by atoms with Gasteiger partial charge in [0, 0.05) is 25.2 Å². The van der Waals surface area contributed by atoms with E-state index in [2.05, 4.69) is 5.32 Å². The number of rotatable bonds is 4. The average Bonchev–Trinajstić information content (AvgIpc) is 2.91.